The van der Waals surface area contributed by atoms with Crippen LogP contribution < -0.4 is 10.6 Å². The van der Waals surface area contributed by atoms with Gasteiger partial charge in [-0.3, -0.25) is 4.79 Å². The third kappa shape index (κ3) is 2.23. The third-order valence-corrected chi connectivity index (χ3v) is 3.65. The molecule has 1 aliphatic heterocycles. The van der Waals surface area contributed by atoms with Crippen LogP contribution in [-0.4, -0.2) is 29.7 Å². The van der Waals surface area contributed by atoms with Gasteiger partial charge in [-0.1, -0.05) is 17.7 Å². The largest absolute Gasteiger partial charge is 0.480 e. The lowest BCUT2D eigenvalue weighted by Crippen LogP contribution is -2.50. The summed E-state index contributed by atoms with van der Waals surface area (Å²) in [5.41, 5.74) is 6.61. The van der Waals surface area contributed by atoms with Crippen molar-refractivity contribution in [3.8, 4) is 0 Å². The van der Waals surface area contributed by atoms with Crippen LogP contribution in [0.5, 0.6) is 0 Å². The molecule has 1 atom stereocenters. The molecule has 0 aromatic heterocycles. The number of nitrogens with zero attached hydrogens (tertiary/aromatic N) is 1. The van der Waals surface area contributed by atoms with Gasteiger partial charge >= 0.3 is 5.97 Å². The summed E-state index contributed by atoms with van der Waals surface area (Å²) in [6.45, 7) is 2.89. The Morgan fingerprint density at radius 2 is 2.29 bits per heavy atom. The lowest BCUT2D eigenvalue weighted by molar-refractivity contribution is -0.142. The normalized spacial score (nSPS) is 24.1. The van der Waals surface area contributed by atoms with Gasteiger partial charge < -0.3 is 15.7 Å². The first-order valence-corrected chi connectivity index (χ1v) is 5.83. The quantitative estimate of drug-likeness (QED) is 0.842. The highest BCUT2D eigenvalue weighted by atomic mass is 35.5. The molecule has 0 amide bonds. The van der Waals surface area contributed by atoms with Gasteiger partial charge in [0.1, 0.15) is 5.54 Å². The van der Waals surface area contributed by atoms with Crippen LogP contribution in [0.3, 0.4) is 0 Å². The smallest absolute Gasteiger partial charge is 0.325 e. The SMILES string of the molecule is Cc1ccc(N2CCC(N)(C(=O)O)C2)cc1Cl. The zero-order chi connectivity index (χ0) is 12.6. The lowest BCUT2D eigenvalue weighted by atomic mass is 10.0. The number of carbonyl (C=O) groups is 1. The summed E-state index contributed by atoms with van der Waals surface area (Å²) in [7, 11) is 0. The second-order valence-electron chi connectivity index (χ2n) is 4.57. The molecule has 1 aliphatic rings. The highest BCUT2D eigenvalue weighted by Crippen LogP contribution is 2.28. The Bertz CT molecular complexity index is 464. The van der Waals surface area contributed by atoms with Crippen molar-refractivity contribution in [3.05, 3.63) is 28.8 Å². The van der Waals surface area contributed by atoms with E-state index in [4.69, 9.17) is 22.4 Å². The fraction of sp³-hybridized carbons (Fsp3) is 0.417. The molecule has 5 heteroatoms. The third-order valence-electron chi connectivity index (χ3n) is 3.25. The highest BCUT2D eigenvalue weighted by molar-refractivity contribution is 6.31. The first kappa shape index (κ1) is 12.2. The maximum atomic E-state index is 11.0. The average molecular weight is 255 g/mol. The number of aliphatic carboxylic acids is 1. The molecule has 0 aliphatic carbocycles. The van der Waals surface area contributed by atoms with Gasteiger partial charge in [-0.2, -0.15) is 0 Å². The number of aryl methyl sites for hydroxylation is 1. The van der Waals surface area contributed by atoms with E-state index in [1.165, 1.54) is 0 Å². The predicted molar refractivity (Wildman–Crippen MR) is 67.6 cm³/mol. The zero-order valence-corrected chi connectivity index (χ0v) is 10.4. The van der Waals surface area contributed by atoms with E-state index >= 15 is 0 Å². The average Bonchev–Trinajstić information content (AvgIpc) is 2.67. The molecule has 0 bridgehead atoms. The fourth-order valence-electron chi connectivity index (χ4n) is 2.01. The predicted octanol–water partition coefficient (Wildman–Crippen LogP) is 1.64. The van der Waals surface area contributed by atoms with Crippen LogP contribution in [0.1, 0.15) is 12.0 Å². The van der Waals surface area contributed by atoms with Crippen LogP contribution in [0.15, 0.2) is 18.2 Å². The van der Waals surface area contributed by atoms with Crippen LogP contribution in [0.4, 0.5) is 5.69 Å². The summed E-state index contributed by atoms with van der Waals surface area (Å²) in [6, 6.07) is 5.72. The maximum Gasteiger partial charge on any atom is 0.325 e. The first-order valence-electron chi connectivity index (χ1n) is 5.46. The Balaban J connectivity index is 2.21. The topological polar surface area (TPSA) is 66.6 Å². The summed E-state index contributed by atoms with van der Waals surface area (Å²) in [6.07, 6.45) is 0.452. The molecule has 1 saturated heterocycles. The van der Waals surface area contributed by atoms with Crippen molar-refractivity contribution in [2.24, 2.45) is 5.73 Å². The number of rotatable bonds is 2. The standard InChI is InChI=1S/C12H15ClN2O2/c1-8-2-3-9(6-10(8)13)15-5-4-12(14,7-15)11(16)17/h2-3,6H,4-5,7,14H2,1H3,(H,16,17). The van der Waals surface area contributed by atoms with Gasteiger partial charge in [-0.15, -0.1) is 0 Å². The van der Waals surface area contributed by atoms with E-state index < -0.39 is 11.5 Å². The second kappa shape index (κ2) is 4.20. The Labute approximate surface area is 105 Å². The molecule has 3 N–H and O–H groups in total. The second-order valence-corrected chi connectivity index (χ2v) is 4.97. The van der Waals surface area contributed by atoms with Gasteiger partial charge in [0.2, 0.25) is 0 Å². The number of carboxylic acids is 1. The molecule has 1 aromatic rings. The van der Waals surface area contributed by atoms with Crippen molar-refractivity contribution in [3.63, 3.8) is 0 Å². The highest BCUT2D eigenvalue weighted by Gasteiger charge is 2.41. The van der Waals surface area contributed by atoms with E-state index in [0.717, 1.165) is 11.3 Å². The van der Waals surface area contributed by atoms with Gasteiger partial charge in [0.25, 0.3) is 0 Å². The van der Waals surface area contributed by atoms with Crippen LogP contribution in [0, 0.1) is 6.92 Å². The molecule has 0 saturated carbocycles. The fourth-order valence-corrected chi connectivity index (χ4v) is 2.18. The number of benzene rings is 1. The number of nitrogens with two attached hydrogens (primary N) is 1. The van der Waals surface area contributed by atoms with Crippen molar-refractivity contribution in [1.82, 2.24) is 0 Å². The maximum absolute atomic E-state index is 11.0. The van der Waals surface area contributed by atoms with Crippen molar-refractivity contribution in [2.45, 2.75) is 18.9 Å². The van der Waals surface area contributed by atoms with Gasteiger partial charge in [-0.05, 0) is 31.0 Å². The van der Waals surface area contributed by atoms with Gasteiger partial charge in [0.15, 0.2) is 0 Å². The molecule has 1 heterocycles. The number of hydrogen-bond acceptors (Lipinski definition) is 3. The summed E-state index contributed by atoms with van der Waals surface area (Å²) in [4.78, 5) is 13.0. The Morgan fingerprint density at radius 1 is 1.59 bits per heavy atom. The molecule has 0 radical (unpaired) electrons. The number of hydrogen-bond donors (Lipinski definition) is 2. The van der Waals surface area contributed by atoms with E-state index in [9.17, 15) is 4.79 Å². The Kier molecular flexibility index (Phi) is 3.02. The van der Waals surface area contributed by atoms with Crippen molar-refractivity contribution in [2.75, 3.05) is 18.0 Å². The van der Waals surface area contributed by atoms with Crippen molar-refractivity contribution < 1.29 is 9.90 Å². The van der Waals surface area contributed by atoms with Gasteiger partial charge in [0, 0.05) is 23.8 Å². The molecule has 92 valence electrons. The van der Waals surface area contributed by atoms with Crippen LogP contribution in [0.25, 0.3) is 0 Å². The van der Waals surface area contributed by atoms with Gasteiger partial charge in [-0.25, -0.2) is 0 Å². The minimum Gasteiger partial charge on any atom is -0.480 e. The summed E-state index contributed by atoms with van der Waals surface area (Å²) in [5, 5.41) is 9.75. The Hall–Kier alpha value is -1.26. The lowest BCUT2D eigenvalue weighted by Gasteiger charge is -2.22. The molecular weight excluding hydrogens is 240 g/mol. The molecule has 1 aromatic carbocycles. The zero-order valence-electron chi connectivity index (χ0n) is 9.61. The molecule has 1 fully saturated rings. The molecule has 0 spiro atoms. The van der Waals surface area contributed by atoms with Gasteiger partial charge in [0.05, 0.1) is 0 Å². The van der Waals surface area contributed by atoms with E-state index in [1.54, 1.807) is 0 Å². The van der Waals surface area contributed by atoms with Crippen LogP contribution in [-0.2, 0) is 4.79 Å². The molecule has 2 rings (SSSR count). The molecule has 17 heavy (non-hydrogen) atoms. The molecule has 4 nitrogen and oxygen atoms in total. The monoisotopic (exact) mass is 254 g/mol. The summed E-state index contributed by atoms with van der Waals surface area (Å²) >= 11 is 6.05. The minimum atomic E-state index is -1.14. The first-order chi connectivity index (χ1) is 7.92. The number of halogens is 1. The number of anilines is 1. The van der Waals surface area contributed by atoms with Crippen molar-refractivity contribution in [1.29, 1.82) is 0 Å². The van der Waals surface area contributed by atoms with E-state index in [2.05, 4.69) is 0 Å². The van der Waals surface area contributed by atoms with Crippen LogP contribution in [0.2, 0.25) is 5.02 Å². The molecular formula is C12H15ClN2O2. The minimum absolute atomic E-state index is 0.321. The van der Waals surface area contributed by atoms with E-state index in [1.807, 2.05) is 30.0 Å². The Morgan fingerprint density at radius 3 is 2.82 bits per heavy atom. The van der Waals surface area contributed by atoms with Crippen LogP contribution >= 0.6 is 11.6 Å². The summed E-state index contributed by atoms with van der Waals surface area (Å²) in [5.74, 6) is -0.946. The van der Waals surface area contributed by atoms with E-state index in [-0.39, 0.29) is 0 Å². The van der Waals surface area contributed by atoms with Crippen molar-refractivity contribution >= 4 is 23.3 Å². The van der Waals surface area contributed by atoms with E-state index in [0.29, 0.717) is 24.5 Å². The molecule has 1 unspecified atom stereocenters. The summed E-state index contributed by atoms with van der Waals surface area (Å²) < 4.78 is 0. The number of carboxylic acid groups (broad SMARTS) is 1.